The van der Waals surface area contributed by atoms with Crippen LogP contribution in [0.5, 0.6) is 5.75 Å². The van der Waals surface area contributed by atoms with Crippen molar-refractivity contribution in [1.82, 2.24) is 0 Å². The van der Waals surface area contributed by atoms with Crippen molar-refractivity contribution in [2.45, 2.75) is 18.8 Å². The zero-order chi connectivity index (χ0) is 14.8. The second kappa shape index (κ2) is 6.39. The first-order valence-corrected chi connectivity index (χ1v) is 8.24. The molecule has 3 rings (SSSR count). The van der Waals surface area contributed by atoms with Crippen molar-refractivity contribution in [3.05, 3.63) is 62.6 Å². The Balaban J connectivity index is 1.94. The molecule has 2 N–H and O–H groups in total. The van der Waals surface area contributed by atoms with E-state index >= 15 is 0 Å². The largest absolute Gasteiger partial charge is 0.493 e. The molecule has 0 saturated carbocycles. The summed E-state index contributed by atoms with van der Waals surface area (Å²) in [6.45, 7) is 1.33. The third-order valence-corrected chi connectivity index (χ3v) is 4.86. The Kier molecular flexibility index (Phi) is 4.53. The molecule has 0 amide bonds. The third-order valence-electron chi connectivity index (χ3n) is 3.92. The number of halogens is 2. The van der Waals surface area contributed by atoms with E-state index in [4.69, 9.17) is 22.1 Å². The van der Waals surface area contributed by atoms with Gasteiger partial charge >= 0.3 is 0 Å². The normalized spacial score (nSPS) is 14.6. The van der Waals surface area contributed by atoms with Crippen LogP contribution >= 0.6 is 27.5 Å². The van der Waals surface area contributed by atoms with Gasteiger partial charge in [-0.1, -0.05) is 45.7 Å². The highest BCUT2D eigenvalue weighted by molar-refractivity contribution is 9.10. The average molecular weight is 367 g/mol. The van der Waals surface area contributed by atoms with Gasteiger partial charge < -0.3 is 10.5 Å². The fourth-order valence-electron chi connectivity index (χ4n) is 2.89. The predicted molar refractivity (Wildman–Crippen MR) is 90.3 cm³/mol. The van der Waals surface area contributed by atoms with Gasteiger partial charge in [0.25, 0.3) is 0 Å². The van der Waals surface area contributed by atoms with Gasteiger partial charge in [0.05, 0.1) is 6.61 Å². The molecule has 1 heterocycles. The molecule has 2 aromatic carbocycles. The first-order chi connectivity index (χ1) is 10.2. The van der Waals surface area contributed by atoms with Gasteiger partial charge in [-0.15, -0.1) is 0 Å². The minimum absolute atomic E-state index is 0.243. The van der Waals surface area contributed by atoms with Crippen LogP contribution in [-0.2, 0) is 12.8 Å². The molecule has 4 heteroatoms. The van der Waals surface area contributed by atoms with E-state index in [-0.39, 0.29) is 5.92 Å². The lowest BCUT2D eigenvalue weighted by Crippen LogP contribution is -2.16. The third kappa shape index (κ3) is 3.10. The molecule has 2 nitrogen and oxygen atoms in total. The fraction of sp³-hybridized carbons (Fsp3) is 0.294. The van der Waals surface area contributed by atoms with Crippen LogP contribution in [0.2, 0.25) is 5.02 Å². The maximum atomic E-state index is 6.24. The van der Waals surface area contributed by atoms with Gasteiger partial charge in [0, 0.05) is 21.8 Å². The van der Waals surface area contributed by atoms with Crippen LogP contribution in [0.3, 0.4) is 0 Å². The summed E-state index contributed by atoms with van der Waals surface area (Å²) in [5, 5.41) is 0.775. The molecule has 0 spiro atoms. The average Bonchev–Trinajstić information content (AvgIpc) is 2.93. The summed E-state index contributed by atoms with van der Waals surface area (Å²) in [4.78, 5) is 0. The van der Waals surface area contributed by atoms with Gasteiger partial charge in [-0.05, 0) is 47.9 Å². The van der Waals surface area contributed by atoms with E-state index in [1.165, 1.54) is 11.1 Å². The van der Waals surface area contributed by atoms with Crippen LogP contribution in [0, 0.1) is 0 Å². The summed E-state index contributed by atoms with van der Waals surface area (Å²) in [6, 6.07) is 12.2. The summed E-state index contributed by atoms with van der Waals surface area (Å²) in [5.74, 6) is 1.25. The quantitative estimate of drug-likeness (QED) is 0.874. The number of benzene rings is 2. The smallest absolute Gasteiger partial charge is 0.125 e. The summed E-state index contributed by atoms with van der Waals surface area (Å²) >= 11 is 9.85. The van der Waals surface area contributed by atoms with Gasteiger partial charge in [0.2, 0.25) is 0 Å². The maximum Gasteiger partial charge on any atom is 0.125 e. The van der Waals surface area contributed by atoms with Gasteiger partial charge in [-0.2, -0.15) is 0 Å². The van der Waals surface area contributed by atoms with Crippen LogP contribution in [-0.4, -0.2) is 13.2 Å². The lowest BCUT2D eigenvalue weighted by molar-refractivity contribution is 0.352. The molecule has 0 bridgehead atoms. The number of ether oxygens (including phenoxy) is 1. The molecule has 2 aromatic rings. The van der Waals surface area contributed by atoms with Crippen molar-refractivity contribution in [1.29, 1.82) is 0 Å². The van der Waals surface area contributed by atoms with Crippen molar-refractivity contribution >= 4 is 27.5 Å². The minimum Gasteiger partial charge on any atom is -0.493 e. The number of rotatable bonds is 4. The minimum atomic E-state index is 0.243. The van der Waals surface area contributed by atoms with Crippen LogP contribution in [0.15, 0.2) is 40.9 Å². The number of hydrogen-bond acceptors (Lipinski definition) is 2. The van der Waals surface area contributed by atoms with Crippen molar-refractivity contribution in [3.63, 3.8) is 0 Å². The second-order valence-electron chi connectivity index (χ2n) is 5.31. The Bertz CT molecular complexity index is 659. The summed E-state index contributed by atoms with van der Waals surface area (Å²) in [5.41, 5.74) is 9.60. The highest BCUT2D eigenvalue weighted by atomic mass is 79.9. The molecular weight excluding hydrogens is 350 g/mol. The fourth-order valence-corrected chi connectivity index (χ4v) is 3.76. The lowest BCUT2D eigenvalue weighted by atomic mass is 9.91. The van der Waals surface area contributed by atoms with E-state index in [1.54, 1.807) is 0 Å². The van der Waals surface area contributed by atoms with Crippen molar-refractivity contribution in [3.8, 4) is 5.75 Å². The van der Waals surface area contributed by atoms with Crippen LogP contribution < -0.4 is 10.5 Å². The molecule has 0 fully saturated rings. The first kappa shape index (κ1) is 14.9. The molecule has 1 atom stereocenters. The number of hydrogen-bond donors (Lipinski definition) is 1. The standard InChI is InChI=1S/C17H17BrClNO/c18-16-4-2-1-3-15(16)13(10-20)7-12-9-14(19)8-11-5-6-21-17(11)12/h1-4,8-9,13H,5-7,10,20H2. The predicted octanol–water partition coefficient (Wildman–Crippen LogP) is 4.32. The first-order valence-electron chi connectivity index (χ1n) is 7.07. The van der Waals surface area contributed by atoms with Crippen molar-refractivity contribution in [2.75, 3.05) is 13.2 Å². The zero-order valence-corrected chi connectivity index (χ0v) is 14.0. The van der Waals surface area contributed by atoms with Crippen LogP contribution in [0.1, 0.15) is 22.6 Å². The Labute approximate surface area is 138 Å². The highest BCUT2D eigenvalue weighted by Crippen LogP contribution is 2.36. The molecule has 21 heavy (non-hydrogen) atoms. The Morgan fingerprint density at radius 3 is 2.86 bits per heavy atom. The van der Waals surface area contributed by atoms with E-state index in [9.17, 15) is 0 Å². The lowest BCUT2D eigenvalue weighted by Gasteiger charge is -2.18. The molecule has 0 aliphatic carbocycles. The van der Waals surface area contributed by atoms with Crippen molar-refractivity contribution in [2.24, 2.45) is 5.73 Å². The number of fused-ring (bicyclic) bond motifs is 1. The summed E-state index contributed by atoms with van der Waals surface area (Å²) in [7, 11) is 0. The Hall–Kier alpha value is -1.03. The SMILES string of the molecule is NCC(Cc1cc(Cl)cc2c1OCC2)c1ccccc1Br. The van der Waals surface area contributed by atoms with Gasteiger partial charge in [-0.25, -0.2) is 0 Å². The molecule has 110 valence electrons. The summed E-state index contributed by atoms with van der Waals surface area (Å²) in [6.07, 6.45) is 1.77. The van der Waals surface area contributed by atoms with E-state index in [1.807, 2.05) is 24.3 Å². The van der Waals surface area contributed by atoms with E-state index in [0.717, 1.165) is 40.3 Å². The summed E-state index contributed by atoms with van der Waals surface area (Å²) < 4.78 is 6.88. The van der Waals surface area contributed by atoms with Crippen molar-refractivity contribution < 1.29 is 4.74 Å². The number of nitrogens with two attached hydrogens (primary N) is 1. The van der Waals surface area contributed by atoms with Gasteiger partial charge in [0.1, 0.15) is 5.75 Å². The highest BCUT2D eigenvalue weighted by Gasteiger charge is 2.21. The van der Waals surface area contributed by atoms with E-state index < -0.39 is 0 Å². The molecule has 1 unspecified atom stereocenters. The van der Waals surface area contributed by atoms with Gasteiger partial charge in [-0.3, -0.25) is 0 Å². The van der Waals surface area contributed by atoms with E-state index in [2.05, 4.69) is 28.1 Å². The molecule has 0 saturated heterocycles. The van der Waals surface area contributed by atoms with Gasteiger partial charge in [0.15, 0.2) is 0 Å². The molecule has 0 radical (unpaired) electrons. The molecule has 0 aromatic heterocycles. The molecule has 1 aliphatic rings. The van der Waals surface area contributed by atoms with Crippen LogP contribution in [0.25, 0.3) is 0 Å². The monoisotopic (exact) mass is 365 g/mol. The maximum absolute atomic E-state index is 6.24. The Morgan fingerprint density at radius 2 is 2.10 bits per heavy atom. The topological polar surface area (TPSA) is 35.2 Å². The zero-order valence-electron chi connectivity index (χ0n) is 11.6. The molecule has 1 aliphatic heterocycles. The van der Waals surface area contributed by atoms with E-state index in [0.29, 0.717) is 6.54 Å². The second-order valence-corrected chi connectivity index (χ2v) is 6.60. The molecular formula is C17H17BrClNO. The Morgan fingerprint density at radius 1 is 1.29 bits per heavy atom. The van der Waals surface area contributed by atoms with Crippen LogP contribution in [0.4, 0.5) is 0 Å².